The zero-order chi connectivity index (χ0) is 80.2. The summed E-state index contributed by atoms with van der Waals surface area (Å²) >= 11 is 0. The Labute approximate surface area is 645 Å². The van der Waals surface area contributed by atoms with Crippen LogP contribution in [0.25, 0.3) is 0 Å². The Bertz CT molecular complexity index is 3690. The molecule has 9 rings (SSSR count). The van der Waals surface area contributed by atoms with Crippen molar-refractivity contribution in [3.8, 4) is 5.75 Å². The number of hydrogen-bond acceptors (Lipinski definition) is 14. The van der Waals surface area contributed by atoms with Gasteiger partial charge in [0, 0.05) is 94.0 Å². The van der Waals surface area contributed by atoms with Crippen LogP contribution < -0.4 is 15.4 Å². The van der Waals surface area contributed by atoms with E-state index in [4.69, 9.17) is 9.47 Å². The van der Waals surface area contributed by atoms with Gasteiger partial charge in [-0.2, -0.15) is 13.2 Å². The zero-order valence-electron chi connectivity index (χ0n) is 66.5. The van der Waals surface area contributed by atoms with Gasteiger partial charge < -0.3 is 69.1 Å². The van der Waals surface area contributed by atoms with Crippen molar-refractivity contribution in [2.45, 2.75) is 248 Å². The number of nitrogens with zero attached hydrogens (tertiary/aromatic N) is 10. The highest BCUT2D eigenvalue weighted by Crippen LogP contribution is 2.43. The predicted molar refractivity (Wildman–Crippen MR) is 404 cm³/mol. The van der Waals surface area contributed by atoms with Crippen LogP contribution in [0.3, 0.4) is 0 Å². The first-order valence-electron chi connectivity index (χ1n) is 39.7. The molecule has 12 amide bonds. The number of ether oxygens (including phenoxy) is 2. The van der Waals surface area contributed by atoms with Crippen LogP contribution in [0.2, 0.25) is 0 Å². The van der Waals surface area contributed by atoms with Crippen LogP contribution in [0.1, 0.15) is 178 Å². The van der Waals surface area contributed by atoms with Gasteiger partial charge in [0.1, 0.15) is 66.2 Å². The number of piperidine rings is 1. The molecule has 3 aliphatic carbocycles. The van der Waals surface area contributed by atoms with Crippen molar-refractivity contribution >= 4 is 70.9 Å². The highest BCUT2D eigenvalue weighted by molar-refractivity contribution is 6.01. The summed E-state index contributed by atoms with van der Waals surface area (Å²) in [7, 11) is 9.84. The molecule has 2 aromatic carbocycles. The molecule has 3 saturated carbocycles. The zero-order valence-corrected chi connectivity index (χ0v) is 66.5. The van der Waals surface area contributed by atoms with E-state index >= 15 is 52.7 Å². The van der Waals surface area contributed by atoms with E-state index in [1.54, 1.807) is 24.8 Å². The number of amides is 12. The summed E-state index contributed by atoms with van der Waals surface area (Å²) in [5, 5.41) is 5.83. The Hall–Kier alpha value is -8.63. The van der Waals surface area contributed by atoms with Gasteiger partial charge in [-0.15, -0.1) is 0 Å². The number of alkyl halides is 3. The maximum absolute atomic E-state index is 15.9. The van der Waals surface area contributed by atoms with E-state index in [1.165, 1.54) is 93.6 Å². The van der Waals surface area contributed by atoms with Gasteiger partial charge in [-0.3, -0.25) is 57.5 Å². The lowest BCUT2D eigenvalue weighted by molar-refractivity contribution is -0.166. The topological polar surface area (TPSA) is 280 Å². The molecule has 26 nitrogen and oxygen atoms in total. The van der Waals surface area contributed by atoms with Crippen LogP contribution in [0, 0.1) is 18.8 Å². The molecule has 606 valence electrons. The molecule has 1 spiro atoms. The fourth-order valence-electron chi connectivity index (χ4n) is 16.9. The molecule has 2 aromatic rings. The molecule has 0 radical (unpaired) electrons. The minimum atomic E-state index is -4.78. The van der Waals surface area contributed by atoms with Crippen molar-refractivity contribution in [3.05, 3.63) is 76.9 Å². The van der Waals surface area contributed by atoms with Gasteiger partial charge in [-0.25, -0.2) is 0 Å². The first-order valence-corrected chi connectivity index (χ1v) is 39.7. The lowest BCUT2D eigenvalue weighted by atomic mass is 9.73. The quantitative estimate of drug-likeness (QED) is 0.185. The van der Waals surface area contributed by atoms with Crippen molar-refractivity contribution in [1.29, 1.82) is 0 Å². The van der Waals surface area contributed by atoms with Crippen LogP contribution in [0.15, 0.2) is 54.6 Å². The van der Waals surface area contributed by atoms with Crippen LogP contribution in [0.4, 0.5) is 13.2 Å². The van der Waals surface area contributed by atoms with Gasteiger partial charge in [0.2, 0.25) is 70.9 Å². The average Bonchev–Trinajstić information content (AvgIpc) is 1.15. The van der Waals surface area contributed by atoms with Crippen LogP contribution in [-0.2, 0) is 81.3 Å². The van der Waals surface area contributed by atoms with Crippen molar-refractivity contribution in [1.82, 2.24) is 59.6 Å². The minimum absolute atomic E-state index is 0.00108. The summed E-state index contributed by atoms with van der Waals surface area (Å²) in [5.74, 6) is -9.04. The Morgan fingerprint density at radius 3 is 1.94 bits per heavy atom. The molecule has 0 aromatic heterocycles. The second kappa shape index (κ2) is 37.6. The lowest BCUT2D eigenvalue weighted by Gasteiger charge is -2.51. The highest BCUT2D eigenvalue weighted by Gasteiger charge is 2.57. The number of carbonyl (C=O) groups excluding carboxylic acids is 12. The van der Waals surface area contributed by atoms with E-state index < -0.39 is 186 Å². The van der Waals surface area contributed by atoms with Gasteiger partial charge in [-0.1, -0.05) is 94.5 Å². The molecule has 110 heavy (non-hydrogen) atoms. The molecule has 2 N–H and O–H groups in total. The number of aryl methyl sites for hydroxylation is 2. The van der Waals surface area contributed by atoms with Crippen LogP contribution >= 0.6 is 0 Å². The normalized spacial score (nSPS) is 27.2. The Kier molecular flexibility index (Phi) is 29.2. The highest BCUT2D eigenvalue weighted by atomic mass is 19.4. The number of methoxy groups -OCH3 is 1. The molecule has 7 aliphatic rings. The van der Waals surface area contributed by atoms with Gasteiger partial charge in [0.05, 0.1) is 31.7 Å². The second-order valence-corrected chi connectivity index (χ2v) is 31.6. The number of halogens is 3. The number of likely N-dealkylation sites (N-methyl/N-ethyl adjacent to an activating group) is 6. The minimum Gasteiger partial charge on any atom is -0.496 e. The lowest BCUT2D eigenvalue weighted by Crippen LogP contribution is -2.68. The molecule has 4 heterocycles. The maximum atomic E-state index is 15.9. The average molecular weight is 1540 g/mol. The molecule has 10 atom stereocenters. The monoisotopic (exact) mass is 1540 g/mol. The van der Waals surface area contributed by atoms with Gasteiger partial charge in [0.25, 0.3) is 0 Å². The Balaban J connectivity index is 1.14. The van der Waals surface area contributed by atoms with E-state index in [-0.39, 0.29) is 71.1 Å². The van der Waals surface area contributed by atoms with Gasteiger partial charge in [0.15, 0.2) is 0 Å². The van der Waals surface area contributed by atoms with E-state index in [0.29, 0.717) is 88.4 Å². The summed E-state index contributed by atoms with van der Waals surface area (Å²) in [6.45, 7) is 8.72. The first-order chi connectivity index (χ1) is 52.3. The number of hydrogen-bond donors (Lipinski definition) is 2. The van der Waals surface area contributed by atoms with Gasteiger partial charge >= 0.3 is 6.18 Å². The number of fused-ring (bicyclic) bond motifs is 3. The van der Waals surface area contributed by atoms with E-state index in [0.717, 1.165) is 42.9 Å². The third-order valence-corrected chi connectivity index (χ3v) is 24.2. The predicted octanol–water partition coefficient (Wildman–Crippen LogP) is 6.31. The molecule has 3 saturated heterocycles. The summed E-state index contributed by atoms with van der Waals surface area (Å²) in [6.07, 6.45) is 5.08. The second-order valence-electron chi connectivity index (χ2n) is 31.6. The first kappa shape index (κ1) is 85.4. The summed E-state index contributed by atoms with van der Waals surface area (Å²) in [4.78, 5) is 199. The fraction of sp³-hybridized carbons (Fsp3) is 0.679. The Morgan fingerprint density at radius 2 is 1.33 bits per heavy atom. The molecular weight excluding hydrogens is 1420 g/mol. The number of benzene rings is 2. The van der Waals surface area contributed by atoms with Gasteiger partial charge in [-0.05, 0) is 145 Å². The van der Waals surface area contributed by atoms with Crippen molar-refractivity contribution < 1.29 is 80.2 Å². The largest absolute Gasteiger partial charge is 0.496 e. The standard InChI is InChI=1S/C81H117F3N12O14/c1-13-25-60-71(100)86-69(52(5)14-2)77(106)95(56-35-36-56)50-68(99)89(8)61-28-18-16-23-43-94(76(61)105)63(44-53-31-29-51(4)30-32-53)73(102)87(6)49-66(97)85-59(38-34-54-33-37-58(81(82,83)84)65(45-54)109-12)72(101)96-48-57(110-15-3)46-64(96)74(103)92(11)80(39-24-40-80)79(108)91(10)70(55-26-19-20-27-55)78(107)90(9)62(47-67(98)88(60)7)75(104)93-41-21-17-22-42-93/h16,18,29-33,37,45,52,55-57,59-64,69-70H,13-15,17,19-28,34-36,38-44,46-50H2,1-12H3,(H,85,97)(H,86,100)/b18-16-/t52-,57+,59-,60-,61-,62-,63-,64-,69-,70-/m0/s1. The van der Waals surface area contributed by atoms with Crippen LogP contribution in [0.5, 0.6) is 5.75 Å². The summed E-state index contributed by atoms with van der Waals surface area (Å²) in [5.41, 5.74) is -0.721. The molecule has 0 unspecified atom stereocenters. The van der Waals surface area contributed by atoms with Crippen molar-refractivity contribution in [2.24, 2.45) is 11.8 Å². The maximum Gasteiger partial charge on any atom is 0.419 e. The SMILES string of the molecule is CCC[C@H]1C(=O)N[C@@H]([C@@H](C)CC)C(=O)N(C2CC2)CC(=O)N(C)[C@H]2C/C=C\CCN(C2=O)[C@@H](Cc2ccc(C)cc2)C(=O)N(C)CC(=O)N[C@@H](CCc2ccc(C(F)(F)F)c(OC)c2)C(=O)N2C[C@H](OCC)C[C@H]2C(=O)N(C)C2(CCC2)C(=O)N(C)[C@@H](C2CCCC2)C(=O)N(C)[C@H](C(=O)N2CCCCC2)CC(=O)N1C. The molecular formula is C81H117F3N12O14. The van der Waals surface area contributed by atoms with Crippen molar-refractivity contribution in [3.63, 3.8) is 0 Å². The molecule has 4 aliphatic heterocycles. The van der Waals surface area contributed by atoms with E-state index in [9.17, 15) is 18.0 Å². The third-order valence-electron chi connectivity index (χ3n) is 24.2. The number of likely N-dealkylation sites (tertiary alicyclic amines) is 1. The number of nitrogens with one attached hydrogen (secondary N) is 2. The summed E-state index contributed by atoms with van der Waals surface area (Å²) in [6, 6.07) is -0.0683. The smallest absolute Gasteiger partial charge is 0.419 e. The van der Waals surface area contributed by atoms with E-state index in [2.05, 4.69) is 10.6 Å². The molecule has 6 fully saturated rings. The van der Waals surface area contributed by atoms with Crippen molar-refractivity contribution in [2.75, 3.05) is 95.3 Å². The van der Waals surface area contributed by atoms with E-state index in [1.807, 2.05) is 51.1 Å². The number of rotatable bonds is 15. The summed E-state index contributed by atoms with van der Waals surface area (Å²) < 4.78 is 54.1. The third kappa shape index (κ3) is 19.6. The molecule has 2 bridgehead atoms. The Morgan fingerprint density at radius 1 is 0.655 bits per heavy atom. The fourth-order valence-corrected chi connectivity index (χ4v) is 16.9. The number of carbonyl (C=O) groups is 12. The van der Waals surface area contributed by atoms with Crippen LogP contribution in [-0.4, -0.2) is 281 Å². The molecule has 29 heteroatoms.